The minimum Gasteiger partial charge on any atom is -0.467 e. The molecule has 0 aliphatic carbocycles. The Balaban J connectivity index is 1.61. The first-order valence-corrected chi connectivity index (χ1v) is 14.9. The van der Waals surface area contributed by atoms with Crippen LogP contribution in [0.1, 0.15) is 19.3 Å². The van der Waals surface area contributed by atoms with E-state index in [1.807, 2.05) is 0 Å². The molecule has 1 rings (SSSR count). The number of methoxy groups -OCH3 is 1. The van der Waals surface area contributed by atoms with E-state index >= 15 is 0 Å². The Labute approximate surface area is 250 Å². The lowest BCUT2D eigenvalue weighted by molar-refractivity contribution is -0.169. The lowest BCUT2D eigenvalue weighted by Gasteiger charge is -2.22. The molecule has 0 saturated carbocycles. The molecule has 1 fully saturated rings. The second-order valence-corrected chi connectivity index (χ2v) is 8.81. The number of ether oxygens (including phenoxy) is 13. The highest BCUT2D eigenvalue weighted by Crippen LogP contribution is 2.13. The van der Waals surface area contributed by atoms with Crippen LogP contribution in [-0.4, -0.2) is 165 Å². The Hall–Kier alpha value is -1.01. The van der Waals surface area contributed by atoms with E-state index in [2.05, 4.69) is 4.74 Å². The summed E-state index contributed by atoms with van der Waals surface area (Å²) in [6.45, 7) is 10.5. The van der Waals surface area contributed by atoms with Gasteiger partial charge in [-0.15, -0.1) is 0 Å². The summed E-state index contributed by atoms with van der Waals surface area (Å²) < 4.78 is 69.6. The van der Waals surface area contributed by atoms with Crippen LogP contribution in [-0.2, 0) is 66.4 Å². The average Bonchev–Trinajstić information content (AvgIpc) is 3.02. The Morgan fingerprint density at radius 1 is 0.500 bits per heavy atom. The van der Waals surface area contributed by atoms with E-state index in [1.165, 1.54) is 7.11 Å². The zero-order chi connectivity index (χ0) is 30.0. The molecule has 1 unspecified atom stereocenters. The fourth-order valence-electron chi connectivity index (χ4n) is 3.27. The van der Waals surface area contributed by atoms with Crippen molar-refractivity contribution in [3.63, 3.8) is 0 Å². The number of carbonyl (C=O) groups is 1. The summed E-state index contributed by atoms with van der Waals surface area (Å²) >= 11 is 0. The number of esters is 1. The highest BCUT2D eigenvalue weighted by molar-refractivity contribution is 5.70. The van der Waals surface area contributed by atoms with Crippen LogP contribution in [0.2, 0.25) is 0 Å². The third-order valence-electron chi connectivity index (χ3n) is 5.46. The van der Waals surface area contributed by atoms with Crippen LogP contribution in [0.5, 0.6) is 0 Å². The molecule has 0 aromatic carbocycles. The molecule has 1 heterocycles. The summed E-state index contributed by atoms with van der Waals surface area (Å²) in [6.07, 6.45) is 3.18. The van der Waals surface area contributed by atoms with Crippen LogP contribution in [0.4, 0.5) is 0 Å². The predicted molar refractivity (Wildman–Crippen MR) is 150 cm³/mol. The Kier molecular flexibility index (Phi) is 30.6. The van der Waals surface area contributed by atoms with Crippen LogP contribution in [0.15, 0.2) is 0 Å². The highest BCUT2D eigenvalue weighted by Gasteiger charge is 2.13. The maximum Gasteiger partial charge on any atom is 0.331 e. The summed E-state index contributed by atoms with van der Waals surface area (Å²) in [5.74, 6) is -0.406. The van der Waals surface area contributed by atoms with Gasteiger partial charge in [0.05, 0.1) is 139 Å². The minimum absolute atomic E-state index is 0.0681. The molecule has 0 amide bonds. The van der Waals surface area contributed by atoms with Gasteiger partial charge in [0.15, 0.2) is 6.29 Å². The maximum atomic E-state index is 10.8. The number of hydrogen-bond donors (Lipinski definition) is 0. The molecular formula is C28H54O14. The first-order valence-electron chi connectivity index (χ1n) is 14.9. The SMILES string of the molecule is COC(=O)COCCOCCOCCOCCOCCOCCOCCOCCOCCOCCOC1CCCCO1. The van der Waals surface area contributed by atoms with E-state index in [9.17, 15) is 4.79 Å². The molecule has 1 aliphatic heterocycles. The second-order valence-electron chi connectivity index (χ2n) is 8.81. The average molecular weight is 615 g/mol. The fourth-order valence-corrected chi connectivity index (χ4v) is 3.27. The van der Waals surface area contributed by atoms with Crippen molar-refractivity contribution in [1.82, 2.24) is 0 Å². The molecule has 42 heavy (non-hydrogen) atoms. The lowest BCUT2D eigenvalue weighted by Crippen LogP contribution is -2.24. The van der Waals surface area contributed by atoms with E-state index in [1.54, 1.807) is 0 Å². The Morgan fingerprint density at radius 3 is 1.14 bits per heavy atom. The molecule has 0 radical (unpaired) electrons. The summed E-state index contributed by atoms with van der Waals surface area (Å²) in [6, 6.07) is 0. The number of hydrogen-bond acceptors (Lipinski definition) is 14. The van der Waals surface area contributed by atoms with Gasteiger partial charge >= 0.3 is 5.97 Å². The standard InChI is InChI=1S/C28H54O14/c1-30-27(29)26-40-23-22-38-19-18-36-15-14-34-11-10-32-7-6-31-8-9-33-12-13-35-16-17-37-20-21-39-24-25-42-28-4-2-3-5-41-28/h28H,2-26H2,1H3. The van der Waals surface area contributed by atoms with E-state index < -0.39 is 5.97 Å². The van der Waals surface area contributed by atoms with Gasteiger partial charge in [-0.05, 0) is 19.3 Å². The van der Waals surface area contributed by atoms with Crippen LogP contribution < -0.4 is 0 Å². The topological polar surface area (TPSA) is 137 Å². The van der Waals surface area contributed by atoms with Gasteiger partial charge in [0.25, 0.3) is 0 Å². The van der Waals surface area contributed by atoms with Crippen molar-refractivity contribution in [1.29, 1.82) is 0 Å². The molecule has 1 atom stereocenters. The second kappa shape index (κ2) is 32.9. The Bertz CT molecular complexity index is 551. The molecule has 0 bridgehead atoms. The van der Waals surface area contributed by atoms with Crippen LogP contribution in [0.3, 0.4) is 0 Å². The van der Waals surface area contributed by atoms with Gasteiger partial charge in [0.1, 0.15) is 6.61 Å². The molecule has 250 valence electrons. The zero-order valence-corrected chi connectivity index (χ0v) is 25.5. The molecule has 14 heteroatoms. The molecule has 0 spiro atoms. The van der Waals surface area contributed by atoms with Crippen molar-refractivity contribution in [2.45, 2.75) is 25.6 Å². The highest BCUT2D eigenvalue weighted by atomic mass is 16.7. The molecule has 0 N–H and O–H groups in total. The maximum absolute atomic E-state index is 10.8. The predicted octanol–water partition coefficient (Wildman–Crippen LogP) is 0.869. The third kappa shape index (κ3) is 29.1. The smallest absolute Gasteiger partial charge is 0.331 e. The number of carbonyl (C=O) groups excluding carboxylic acids is 1. The van der Waals surface area contributed by atoms with Gasteiger partial charge in [-0.1, -0.05) is 0 Å². The number of rotatable bonds is 33. The summed E-state index contributed by atoms with van der Waals surface area (Å²) in [5.41, 5.74) is 0. The van der Waals surface area contributed by atoms with E-state index in [0.717, 1.165) is 25.9 Å². The van der Waals surface area contributed by atoms with E-state index in [0.29, 0.717) is 132 Å². The van der Waals surface area contributed by atoms with Crippen molar-refractivity contribution in [2.24, 2.45) is 0 Å². The molecular weight excluding hydrogens is 560 g/mol. The van der Waals surface area contributed by atoms with E-state index in [-0.39, 0.29) is 12.9 Å². The van der Waals surface area contributed by atoms with Crippen molar-refractivity contribution in [2.75, 3.05) is 152 Å². The Morgan fingerprint density at radius 2 is 0.833 bits per heavy atom. The van der Waals surface area contributed by atoms with E-state index in [4.69, 9.17) is 56.8 Å². The quantitative estimate of drug-likeness (QED) is 0.0763. The van der Waals surface area contributed by atoms with Crippen LogP contribution >= 0.6 is 0 Å². The lowest BCUT2D eigenvalue weighted by atomic mass is 10.2. The van der Waals surface area contributed by atoms with Crippen LogP contribution in [0.25, 0.3) is 0 Å². The van der Waals surface area contributed by atoms with Crippen LogP contribution in [0, 0.1) is 0 Å². The zero-order valence-electron chi connectivity index (χ0n) is 25.5. The molecule has 0 aromatic rings. The largest absolute Gasteiger partial charge is 0.467 e. The van der Waals surface area contributed by atoms with Crippen molar-refractivity contribution in [3.8, 4) is 0 Å². The first kappa shape index (κ1) is 39.0. The molecule has 0 aromatic heterocycles. The van der Waals surface area contributed by atoms with Gasteiger partial charge in [-0.3, -0.25) is 0 Å². The molecule has 1 saturated heterocycles. The van der Waals surface area contributed by atoms with Gasteiger partial charge in [0, 0.05) is 6.61 Å². The van der Waals surface area contributed by atoms with Gasteiger partial charge in [-0.25, -0.2) is 4.79 Å². The minimum atomic E-state index is -0.406. The monoisotopic (exact) mass is 614 g/mol. The van der Waals surface area contributed by atoms with Crippen molar-refractivity contribution < 1.29 is 66.4 Å². The molecule has 1 aliphatic rings. The first-order chi connectivity index (χ1) is 20.8. The normalized spacial score (nSPS) is 15.3. The van der Waals surface area contributed by atoms with Crippen molar-refractivity contribution in [3.05, 3.63) is 0 Å². The van der Waals surface area contributed by atoms with Gasteiger partial charge in [0.2, 0.25) is 0 Å². The summed E-state index contributed by atoms with van der Waals surface area (Å²) in [5, 5.41) is 0. The third-order valence-corrected chi connectivity index (χ3v) is 5.46. The molecule has 14 nitrogen and oxygen atoms in total. The van der Waals surface area contributed by atoms with Crippen molar-refractivity contribution >= 4 is 5.97 Å². The van der Waals surface area contributed by atoms with Gasteiger partial charge in [-0.2, -0.15) is 0 Å². The fraction of sp³-hybridized carbons (Fsp3) is 0.964. The van der Waals surface area contributed by atoms with Gasteiger partial charge < -0.3 is 61.6 Å². The summed E-state index contributed by atoms with van der Waals surface area (Å²) in [7, 11) is 1.32. The summed E-state index contributed by atoms with van der Waals surface area (Å²) in [4.78, 5) is 10.8.